The fraction of sp³-hybridized carbons (Fsp3) is 0. The summed E-state index contributed by atoms with van der Waals surface area (Å²) in [5.74, 6) is -0.0346. The van der Waals surface area contributed by atoms with Crippen LogP contribution in [0.5, 0.6) is 0 Å². The highest BCUT2D eigenvalue weighted by atomic mass is 79.9. The fourth-order valence-electron chi connectivity index (χ4n) is 1.99. The van der Waals surface area contributed by atoms with Gasteiger partial charge in [0.1, 0.15) is 11.5 Å². The molecule has 0 aliphatic carbocycles. The van der Waals surface area contributed by atoms with E-state index in [1.54, 1.807) is 18.3 Å². The molecule has 2 N–H and O–H groups in total. The molecule has 0 amide bonds. The van der Waals surface area contributed by atoms with E-state index >= 15 is 0 Å². The van der Waals surface area contributed by atoms with Gasteiger partial charge in [-0.3, -0.25) is 4.79 Å². The van der Waals surface area contributed by atoms with Crippen molar-refractivity contribution in [3.63, 3.8) is 0 Å². The number of fused-ring (bicyclic) bond motifs is 1. The monoisotopic (exact) mass is 327 g/mol. The molecule has 0 spiro atoms. The molecule has 0 saturated heterocycles. The Labute approximate surface area is 123 Å². The molecule has 0 aliphatic rings. The maximum absolute atomic E-state index is 12.5. The van der Waals surface area contributed by atoms with Crippen molar-refractivity contribution in [2.75, 3.05) is 5.73 Å². The van der Waals surface area contributed by atoms with Gasteiger partial charge in [0, 0.05) is 16.1 Å². The van der Waals surface area contributed by atoms with Crippen molar-refractivity contribution in [3.8, 4) is 0 Å². The predicted molar refractivity (Wildman–Crippen MR) is 81.5 cm³/mol. The normalized spacial score (nSPS) is 10.7. The number of nitrogen functional groups attached to an aromatic ring is 1. The van der Waals surface area contributed by atoms with Gasteiger partial charge >= 0.3 is 0 Å². The maximum atomic E-state index is 12.5. The summed E-state index contributed by atoms with van der Waals surface area (Å²) in [4.78, 5) is 20.9. The predicted octanol–water partition coefficient (Wildman–Crippen LogP) is 3.21. The van der Waals surface area contributed by atoms with Gasteiger partial charge in [0.2, 0.25) is 5.78 Å². The van der Waals surface area contributed by atoms with E-state index in [0.717, 1.165) is 10.9 Å². The number of rotatable bonds is 2. The lowest BCUT2D eigenvalue weighted by Crippen LogP contribution is -2.09. The summed E-state index contributed by atoms with van der Waals surface area (Å²) in [5.41, 5.74) is 7.21. The van der Waals surface area contributed by atoms with E-state index in [1.807, 2.05) is 30.3 Å². The molecule has 0 unspecified atom stereocenters. The summed E-state index contributed by atoms with van der Waals surface area (Å²) in [6.07, 6.45) is 1.55. The molecule has 0 saturated carbocycles. The lowest BCUT2D eigenvalue weighted by molar-refractivity contribution is 0.103. The Hall–Kier alpha value is -2.27. The molecule has 0 bridgehead atoms. The minimum Gasteiger partial charge on any atom is -0.383 e. The van der Waals surface area contributed by atoms with Gasteiger partial charge in [0.15, 0.2) is 0 Å². The first-order valence-corrected chi connectivity index (χ1v) is 6.76. The standard InChI is InChI=1S/C15H10BrN3O/c16-11-8-9-4-1-2-6-12(9)19-13(11)14(20)10-5-3-7-18-15(10)17/h1-8H,(H2,17,18). The smallest absolute Gasteiger partial charge is 0.216 e. The zero-order chi connectivity index (χ0) is 14.1. The highest BCUT2D eigenvalue weighted by Crippen LogP contribution is 2.24. The van der Waals surface area contributed by atoms with Crippen LogP contribution in [0.15, 0.2) is 53.1 Å². The second-order valence-corrected chi connectivity index (χ2v) is 5.13. The number of anilines is 1. The number of nitrogens with two attached hydrogens (primary N) is 1. The summed E-state index contributed by atoms with van der Waals surface area (Å²) in [6, 6.07) is 12.8. The van der Waals surface area contributed by atoms with Crippen molar-refractivity contribution in [1.82, 2.24) is 9.97 Å². The molecule has 3 rings (SSSR count). The number of carbonyl (C=O) groups is 1. The van der Waals surface area contributed by atoms with E-state index in [4.69, 9.17) is 5.73 Å². The van der Waals surface area contributed by atoms with Gasteiger partial charge in [0.25, 0.3) is 0 Å². The lowest BCUT2D eigenvalue weighted by Gasteiger charge is -2.06. The lowest BCUT2D eigenvalue weighted by atomic mass is 10.1. The SMILES string of the molecule is Nc1ncccc1C(=O)c1nc2ccccc2cc1Br. The third-order valence-electron chi connectivity index (χ3n) is 2.98. The van der Waals surface area contributed by atoms with Crippen molar-refractivity contribution >= 4 is 38.4 Å². The number of nitrogens with zero attached hydrogens (tertiary/aromatic N) is 2. The molecule has 5 heteroatoms. The fourth-order valence-corrected chi connectivity index (χ4v) is 2.50. The average molecular weight is 328 g/mol. The van der Waals surface area contributed by atoms with Crippen LogP contribution in [0.3, 0.4) is 0 Å². The Morgan fingerprint density at radius 2 is 1.95 bits per heavy atom. The molecule has 20 heavy (non-hydrogen) atoms. The van der Waals surface area contributed by atoms with Gasteiger partial charge in [-0.05, 0) is 40.2 Å². The van der Waals surface area contributed by atoms with E-state index in [-0.39, 0.29) is 11.6 Å². The molecular weight excluding hydrogens is 318 g/mol. The zero-order valence-corrected chi connectivity index (χ0v) is 12.0. The second kappa shape index (κ2) is 5.02. The largest absolute Gasteiger partial charge is 0.383 e. The summed E-state index contributed by atoms with van der Waals surface area (Å²) >= 11 is 3.40. The Bertz CT molecular complexity index is 817. The molecule has 4 nitrogen and oxygen atoms in total. The minimum absolute atomic E-state index is 0.208. The number of hydrogen-bond donors (Lipinski definition) is 1. The van der Waals surface area contributed by atoms with Gasteiger partial charge in [-0.2, -0.15) is 0 Å². The summed E-state index contributed by atoms with van der Waals surface area (Å²) in [7, 11) is 0. The summed E-state index contributed by atoms with van der Waals surface area (Å²) in [6.45, 7) is 0. The maximum Gasteiger partial charge on any atom is 0.216 e. The highest BCUT2D eigenvalue weighted by molar-refractivity contribution is 9.10. The van der Waals surface area contributed by atoms with Crippen LogP contribution in [0.25, 0.3) is 10.9 Å². The third kappa shape index (κ3) is 2.16. The van der Waals surface area contributed by atoms with E-state index in [2.05, 4.69) is 25.9 Å². The molecule has 0 aliphatic heterocycles. The number of pyridine rings is 2. The Balaban J connectivity index is 2.17. The summed E-state index contributed by atoms with van der Waals surface area (Å²) in [5, 5.41) is 0.968. The number of carbonyl (C=O) groups excluding carboxylic acids is 1. The molecule has 2 heterocycles. The molecule has 1 aromatic carbocycles. The van der Waals surface area contributed by atoms with Crippen molar-refractivity contribution < 1.29 is 4.79 Å². The van der Waals surface area contributed by atoms with Crippen molar-refractivity contribution in [3.05, 3.63) is 64.4 Å². The van der Waals surface area contributed by atoms with E-state index in [0.29, 0.717) is 15.7 Å². The van der Waals surface area contributed by atoms with Crippen molar-refractivity contribution in [2.24, 2.45) is 0 Å². The molecule has 2 aromatic heterocycles. The van der Waals surface area contributed by atoms with E-state index < -0.39 is 0 Å². The number of hydrogen-bond acceptors (Lipinski definition) is 4. The average Bonchev–Trinajstić information content (AvgIpc) is 2.46. The van der Waals surface area contributed by atoms with Crippen LogP contribution in [0.2, 0.25) is 0 Å². The van der Waals surface area contributed by atoms with Crippen LogP contribution >= 0.6 is 15.9 Å². The molecule has 0 radical (unpaired) electrons. The van der Waals surface area contributed by atoms with Gasteiger partial charge in [-0.25, -0.2) is 9.97 Å². The Morgan fingerprint density at radius 1 is 1.15 bits per heavy atom. The first kappa shape index (κ1) is 12.7. The Kier molecular flexibility index (Phi) is 3.20. The Morgan fingerprint density at radius 3 is 2.75 bits per heavy atom. The summed E-state index contributed by atoms with van der Waals surface area (Å²) < 4.78 is 0.643. The molecule has 98 valence electrons. The van der Waals surface area contributed by atoms with Gasteiger partial charge in [-0.15, -0.1) is 0 Å². The van der Waals surface area contributed by atoms with Crippen LogP contribution in [-0.2, 0) is 0 Å². The highest BCUT2D eigenvalue weighted by Gasteiger charge is 2.18. The number of halogens is 1. The number of benzene rings is 1. The van der Waals surface area contributed by atoms with Gasteiger partial charge < -0.3 is 5.73 Å². The molecule has 0 atom stereocenters. The van der Waals surface area contributed by atoms with Crippen LogP contribution in [0.1, 0.15) is 16.1 Å². The van der Waals surface area contributed by atoms with Gasteiger partial charge in [-0.1, -0.05) is 18.2 Å². The van der Waals surface area contributed by atoms with Crippen LogP contribution < -0.4 is 5.73 Å². The topological polar surface area (TPSA) is 68.9 Å². The first-order chi connectivity index (χ1) is 9.66. The molecule has 3 aromatic rings. The van der Waals surface area contributed by atoms with Gasteiger partial charge in [0.05, 0.1) is 11.1 Å². The quantitative estimate of drug-likeness (QED) is 0.734. The molecular formula is C15H10BrN3O. The number of para-hydroxylation sites is 1. The van der Waals surface area contributed by atoms with E-state index in [1.165, 1.54) is 0 Å². The zero-order valence-electron chi connectivity index (χ0n) is 10.4. The van der Waals surface area contributed by atoms with Crippen molar-refractivity contribution in [2.45, 2.75) is 0 Å². The first-order valence-electron chi connectivity index (χ1n) is 5.97. The van der Waals surface area contributed by atoms with Crippen molar-refractivity contribution in [1.29, 1.82) is 0 Å². The van der Waals surface area contributed by atoms with Crippen LogP contribution in [0, 0.1) is 0 Å². The van der Waals surface area contributed by atoms with Crippen LogP contribution in [0.4, 0.5) is 5.82 Å². The minimum atomic E-state index is -0.242. The second-order valence-electron chi connectivity index (χ2n) is 4.28. The van der Waals surface area contributed by atoms with E-state index in [9.17, 15) is 4.79 Å². The third-order valence-corrected chi connectivity index (χ3v) is 3.58. The van der Waals surface area contributed by atoms with Crippen LogP contribution in [-0.4, -0.2) is 15.8 Å². The molecule has 0 fully saturated rings. The number of aromatic nitrogens is 2. The number of ketones is 1.